The van der Waals surface area contributed by atoms with E-state index in [1.165, 1.54) is 42.6 Å². The zero-order valence-corrected chi connectivity index (χ0v) is 13.1. The molecule has 2 rings (SSSR count). The summed E-state index contributed by atoms with van der Waals surface area (Å²) in [5.41, 5.74) is 4.18. The molecule has 1 N–H and O–H groups in total. The minimum atomic E-state index is 0.766. The third-order valence-corrected chi connectivity index (χ3v) is 3.79. The molecule has 0 aromatic heterocycles. The Labute approximate surface area is 123 Å². The molecule has 0 bridgehead atoms. The number of nitrogens with one attached hydrogen (secondary N) is 1. The summed E-state index contributed by atoms with van der Waals surface area (Å²) in [5, 5.41) is 3.47. The molecule has 0 radical (unpaired) electrons. The Morgan fingerprint density at radius 3 is 2.80 bits per heavy atom. The molecule has 0 unspecified atom stereocenters. The first-order valence-corrected chi connectivity index (χ1v) is 7.82. The first-order valence-electron chi connectivity index (χ1n) is 7.82. The summed E-state index contributed by atoms with van der Waals surface area (Å²) in [6, 6.07) is 7.63. The van der Waals surface area contributed by atoms with E-state index in [-0.39, 0.29) is 0 Å². The first-order chi connectivity index (χ1) is 9.76. The number of aryl methyl sites for hydroxylation is 1. The maximum absolute atomic E-state index is 5.10. The minimum absolute atomic E-state index is 0.766. The van der Waals surface area contributed by atoms with Crippen LogP contribution in [0.5, 0.6) is 0 Å². The van der Waals surface area contributed by atoms with E-state index in [1.807, 2.05) is 0 Å². The minimum Gasteiger partial charge on any atom is -0.383 e. The van der Waals surface area contributed by atoms with Crippen molar-refractivity contribution < 1.29 is 4.74 Å². The van der Waals surface area contributed by atoms with Crippen molar-refractivity contribution in [2.45, 2.75) is 45.7 Å². The van der Waals surface area contributed by atoms with Crippen molar-refractivity contribution in [1.82, 2.24) is 5.32 Å². The second-order valence-corrected chi connectivity index (χ2v) is 5.73. The summed E-state index contributed by atoms with van der Waals surface area (Å²) in [6.07, 6.45) is 3.91. The molecule has 0 aliphatic heterocycles. The van der Waals surface area contributed by atoms with Gasteiger partial charge in [-0.25, -0.2) is 0 Å². The molecule has 1 aliphatic carbocycles. The van der Waals surface area contributed by atoms with Crippen molar-refractivity contribution in [3.8, 4) is 0 Å². The fourth-order valence-corrected chi connectivity index (χ4v) is 2.66. The Morgan fingerprint density at radius 1 is 1.35 bits per heavy atom. The molecular weight excluding hydrogens is 248 g/mol. The molecule has 0 saturated heterocycles. The van der Waals surface area contributed by atoms with Crippen LogP contribution in [0.3, 0.4) is 0 Å². The Morgan fingerprint density at radius 2 is 2.15 bits per heavy atom. The van der Waals surface area contributed by atoms with Gasteiger partial charge < -0.3 is 15.0 Å². The predicted octanol–water partition coefficient (Wildman–Crippen LogP) is 3.11. The fraction of sp³-hybridized carbons (Fsp3) is 0.647. The van der Waals surface area contributed by atoms with E-state index in [9.17, 15) is 0 Å². The van der Waals surface area contributed by atoms with Crippen molar-refractivity contribution in [3.63, 3.8) is 0 Å². The van der Waals surface area contributed by atoms with Crippen LogP contribution >= 0.6 is 0 Å². The maximum atomic E-state index is 5.10. The Balaban J connectivity index is 2.09. The molecule has 112 valence electrons. The number of nitrogens with zero attached hydrogens (tertiary/aromatic N) is 1. The topological polar surface area (TPSA) is 24.5 Å². The summed E-state index contributed by atoms with van der Waals surface area (Å²) in [4.78, 5) is 2.60. The molecule has 3 nitrogen and oxygen atoms in total. The standard InChI is InChI=1S/C17H28N2O/c1-4-10-19(16-6-7-16)17-8-5-14(2)12-15(17)13-18-9-11-20-3/h5,8,12,16,18H,4,6-7,9-11,13H2,1-3H3. The molecule has 20 heavy (non-hydrogen) atoms. The molecule has 0 heterocycles. The second kappa shape index (κ2) is 7.65. The summed E-state index contributed by atoms with van der Waals surface area (Å²) < 4.78 is 5.10. The molecule has 1 aromatic carbocycles. The van der Waals surface area contributed by atoms with Gasteiger partial charge in [-0.2, -0.15) is 0 Å². The van der Waals surface area contributed by atoms with Crippen LogP contribution < -0.4 is 10.2 Å². The van der Waals surface area contributed by atoms with E-state index in [0.717, 1.165) is 25.7 Å². The molecule has 0 amide bonds. The van der Waals surface area contributed by atoms with Crippen molar-refractivity contribution >= 4 is 5.69 Å². The Bertz CT molecular complexity index is 415. The summed E-state index contributed by atoms with van der Waals surface area (Å²) in [7, 11) is 1.75. The molecule has 3 heteroatoms. The molecule has 1 aromatic rings. The van der Waals surface area contributed by atoms with Gasteiger partial charge in [0.15, 0.2) is 0 Å². The van der Waals surface area contributed by atoms with Crippen molar-refractivity contribution in [2.24, 2.45) is 0 Å². The first kappa shape index (κ1) is 15.3. The lowest BCUT2D eigenvalue weighted by Crippen LogP contribution is -2.29. The van der Waals surface area contributed by atoms with Gasteiger partial charge in [0.1, 0.15) is 0 Å². The van der Waals surface area contributed by atoms with Crippen LogP contribution in [-0.2, 0) is 11.3 Å². The SMILES string of the molecule is CCCN(c1ccc(C)cc1CNCCOC)C1CC1. The van der Waals surface area contributed by atoms with Gasteiger partial charge in [0.25, 0.3) is 0 Å². The third kappa shape index (κ3) is 4.22. The van der Waals surface area contributed by atoms with E-state index in [2.05, 4.69) is 42.3 Å². The molecule has 0 atom stereocenters. The summed E-state index contributed by atoms with van der Waals surface area (Å²) in [5.74, 6) is 0. The van der Waals surface area contributed by atoms with Crippen molar-refractivity contribution in [2.75, 3.05) is 31.7 Å². The lowest BCUT2D eigenvalue weighted by Gasteiger charge is -2.27. The van der Waals surface area contributed by atoms with Gasteiger partial charge in [-0.1, -0.05) is 24.6 Å². The van der Waals surface area contributed by atoms with Crippen LogP contribution in [0.25, 0.3) is 0 Å². The number of rotatable bonds is 9. The monoisotopic (exact) mass is 276 g/mol. The van der Waals surface area contributed by atoms with Crippen LogP contribution in [0.4, 0.5) is 5.69 Å². The molecule has 1 saturated carbocycles. The summed E-state index contributed by atoms with van der Waals surface area (Å²) in [6.45, 7) is 8.19. The van der Waals surface area contributed by atoms with Gasteiger partial charge in [-0.05, 0) is 37.8 Å². The fourth-order valence-electron chi connectivity index (χ4n) is 2.66. The van der Waals surface area contributed by atoms with Crippen LogP contribution in [0.2, 0.25) is 0 Å². The Kier molecular flexibility index (Phi) is 5.86. The highest BCUT2D eigenvalue weighted by atomic mass is 16.5. The highest BCUT2D eigenvalue weighted by Gasteiger charge is 2.29. The van der Waals surface area contributed by atoms with Crippen LogP contribution in [0.15, 0.2) is 18.2 Å². The number of methoxy groups -OCH3 is 1. The van der Waals surface area contributed by atoms with Gasteiger partial charge in [-0.15, -0.1) is 0 Å². The van der Waals surface area contributed by atoms with E-state index in [0.29, 0.717) is 0 Å². The third-order valence-electron chi connectivity index (χ3n) is 3.79. The predicted molar refractivity (Wildman–Crippen MR) is 85.4 cm³/mol. The van der Waals surface area contributed by atoms with Crippen LogP contribution in [0.1, 0.15) is 37.3 Å². The van der Waals surface area contributed by atoms with Crippen molar-refractivity contribution in [3.05, 3.63) is 29.3 Å². The average molecular weight is 276 g/mol. The lowest BCUT2D eigenvalue weighted by atomic mass is 10.1. The van der Waals surface area contributed by atoms with Gasteiger partial charge >= 0.3 is 0 Å². The smallest absolute Gasteiger partial charge is 0.0587 e. The number of benzene rings is 1. The van der Waals surface area contributed by atoms with Gasteiger partial charge in [0.2, 0.25) is 0 Å². The lowest BCUT2D eigenvalue weighted by molar-refractivity contribution is 0.199. The highest BCUT2D eigenvalue weighted by molar-refractivity contribution is 5.56. The van der Waals surface area contributed by atoms with E-state index in [1.54, 1.807) is 7.11 Å². The highest BCUT2D eigenvalue weighted by Crippen LogP contribution is 2.34. The van der Waals surface area contributed by atoms with E-state index in [4.69, 9.17) is 4.74 Å². The molecule has 0 spiro atoms. The number of hydrogen-bond donors (Lipinski definition) is 1. The van der Waals surface area contributed by atoms with Crippen LogP contribution in [-0.4, -0.2) is 32.8 Å². The van der Waals surface area contributed by atoms with Gasteiger partial charge in [0, 0.05) is 38.5 Å². The second-order valence-electron chi connectivity index (χ2n) is 5.73. The number of hydrogen-bond acceptors (Lipinski definition) is 3. The molecular formula is C17H28N2O. The molecule has 1 aliphatic rings. The molecule has 1 fully saturated rings. The van der Waals surface area contributed by atoms with Gasteiger partial charge in [0.05, 0.1) is 6.61 Å². The zero-order chi connectivity index (χ0) is 14.4. The van der Waals surface area contributed by atoms with E-state index >= 15 is 0 Å². The van der Waals surface area contributed by atoms with Gasteiger partial charge in [-0.3, -0.25) is 0 Å². The van der Waals surface area contributed by atoms with E-state index < -0.39 is 0 Å². The average Bonchev–Trinajstić information content (AvgIpc) is 3.26. The Hall–Kier alpha value is -1.06. The summed E-state index contributed by atoms with van der Waals surface area (Å²) >= 11 is 0. The quantitative estimate of drug-likeness (QED) is 0.701. The van der Waals surface area contributed by atoms with Crippen LogP contribution in [0, 0.1) is 6.92 Å². The number of ether oxygens (including phenoxy) is 1. The number of anilines is 1. The maximum Gasteiger partial charge on any atom is 0.0587 e. The zero-order valence-electron chi connectivity index (χ0n) is 13.1. The largest absolute Gasteiger partial charge is 0.383 e. The van der Waals surface area contributed by atoms with Crippen molar-refractivity contribution in [1.29, 1.82) is 0 Å². The normalized spacial score (nSPS) is 14.6.